The SMILES string of the molecule is CC[C@@H](NS(=O)(=O)C1CC1)c1ncnn1CC. The Morgan fingerprint density at radius 2 is 2.24 bits per heavy atom. The molecule has 7 heteroatoms. The Labute approximate surface area is 101 Å². The summed E-state index contributed by atoms with van der Waals surface area (Å²) in [7, 11) is -3.18. The van der Waals surface area contributed by atoms with Gasteiger partial charge in [-0.2, -0.15) is 5.10 Å². The number of nitrogens with one attached hydrogen (secondary N) is 1. The predicted molar refractivity (Wildman–Crippen MR) is 63.8 cm³/mol. The summed E-state index contributed by atoms with van der Waals surface area (Å²) in [6.45, 7) is 4.59. The minimum Gasteiger partial charge on any atom is -0.249 e. The largest absolute Gasteiger partial charge is 0.249 e. The van der Waals surface area contributed by atoms with Crippen molar-refractivity contribution in [3.8, 4) is 0 Å². The molecule has 1 aliphatic rings. The zero-order valence-electron chi connectivity index (χ0n) is 10.1. The normalized spacial score (nSPS) is 18.2. The molecule has 2 rings (SSSR count). The topological polar surface area (TPSA) is 76.9 Å². The minimum absolute atomic E-state index is 0.199. The van der Waals surface area contributed by atoms with Crippen LogP contribution >= 0.6 is 0 Å². The van der Waals surface area contributed by atoms with Crippen molar-refractivity contribution in [3.63, 3.8) is 0 Å². The second-order valence-corrected chi connectivity index (χ2v) is 6.25. The van der Waals surface area contributed by atoms with Gasteiger partial charge in [-0.15, -0.1) is 0 Å². The van der Waals surface area contributed by atoms with E-state index in [1.54, 1.807) is 4.68 Å². The molecular weight excluding hydrogens is 240 g/mol. The molecule has 17 heavy (non-hydrogen) atoms. The van der Waals surface area contributed by atoms with Crippen LogP contribution in [0.4, 0.5) is 0 Å². The van der Waals surface area contributed by atoms with E-state index in [-0.39, 0.29) is 11.3 Å². The fourth-order valence-electron chi connectivity index (χ4n) is 1.78. The Hall–Kier alpha value is -0.950. The summed E-state index contributed by atoms with van der Waals surface area (Å²) in [4.78, 5) is 4.15. The number of rotatable bonds is 6. The summed E-state index contributed by atoms with van der Waals surface area (Å²) in [5, 5.41) is 3.87. The number of nitrogens with zero attached hydrogens (tertiary/aromatic N) is 3. The first-order valence-electron chi connectivity index (χ1n) is 5.97. The maximum atomic E-state index is 11.9. The van der Waals surface area contributed by atoms with Gasteiger partial charge in [-0.3, -0.25) is 0 Å². The molecule has 1 fully saturated rings. The summed E-state index contributed by atoms with van der Waals surface area (Å²) >= 11 is 0. The van der Waals surface area contributed by atoms with Crippen molar-refractivity contribution in [2.45, 2.75) is 50.9 Å². The molecule has 1 N–H and O–H groups in total. The highest BCUT2D eigenvalue weighted by atomic mass is 32.2. The smallest absolute Gasteiger partial charge is 0.215 e. The number of hydrogen-bond donors (Lipinski definition) is 1. The van der Waals surface area contributed by atoms with Crippen LogP contribution in [0.5, 0.6) is 0 Å². The van der Waals surface area contributed by atoms with E-state index in [0.29, 0.717) is 18.8 Å². The highest BCUT2D eigenvalue weighted by Gasteiger charge is 2.37. The summed E-state index contributed by atoms with van der Waals surface area (Å²) in [6, 6.07) is -0.275. The maximum Gasteiger partial charge on any atom is 0.215 e. The molecule has 0 saturated heterocycles. The van der Waals surface area contributed by atoms with Gasteiger partial charge in [0.05, 0.1) is 11.3 Å². The van der Waals surface area contributed by atoms with Crippen molar-refractivity contribution >= 4 is 10.0 Å². The molecule has 0 radical (unpaired) electrons. The van der Waals surface area contributed by atoms with Crippen LogP contribution in [-0.4, -0.2) is 28.4 Å². The van der Waals surface area contributed by atoms with Crippen LogP contribution in [0.25, 0.3) is 0 Å². The summed E-state index contributed by atoms with van der Waals surface area (Å²) < 4.78 is 28.2. The van der Waals surface area contributed by atoms with Gasteiger partial charge < -0.3 is 0 Å². The third-order valence-electron chi connectivity index (χ3n) is 2.93. The second-order valence-electron chi connectivity index (χ2n) is 4.26. The molecule has 96 valence electrons. The van der Waals surface area contributed by atoms with Crippen LogP contribution in [0.2, 0.25) is 0 Å². The quantitative estimate of drug-likeness (QED) is 0.820. The van der Waals surface area contributed by atoms with Crippen molar-refractivity contribution in [1.29, 1.82) is 0 Å². The van der Waals surface area contributed by atoms with E-state index in [0.717, 1.165) is 12.8 Å². The summed E-state index contributed by atoms with van der Waals surface area (Å²) in [6.07, 6.45) is 3.68. The number of sulfonamides is 1. The molecule has 0 amide bonds. The standard InChI is InChI=1S/C10H18N4O2S/c1-3-9(10-11-7-12-14(10)4-2)13-17(15,16)8-5-6-8/h7-9,13H,3-6H2,1-2H3/t9-/m1/s1. The minimum atomic E-state index is -3.18. The Balaban J connectivity index is 2.16. The molecule has 1 aromatic rings. The molecule has 1 aromatic heterocycles. The Morgan fingerprint density at radius 3 is 2.76 bits per heavy atom. The lowest BCUT2D eigenvalue weighted by Gasteiger charge is -2.16. The van der Waals surface area contributed by atoms with Gasteiger partial charge in [0.15, 0.2) is 0 Å². The van der Waals surface area contributed by atoms with E-state index in [9.17, 15) is 8.42 Å². The lowest BCUT2D eigenvalue weighted by atomic mass is 10.2. The first-order chi connectivity index (χ1) is 8.08. The lowest BCUT2D eigenvalue weighted by Crippen LogP contribution is -2.32. The molecule has 1 saturated carbocycles. The molecule has 1 atom stereocenters. The molecule has 0 spiro atoms. The zero-order valence-corrected chi connectivity index (χ0v) is 10.9. The average Bonchev–Trinajstić information content (AvgIpc) is 3.06. The van der Waals surface area contributed by atoms with Crippen molar-refractivity contribution in [2.75, 3.05) is 0 Å². The van der Waals surface area contributed by atoms with Crippen molar-refractivity contribution < 1.29 is 8.42 Å². The van der Waals surface area contributed by atoms with E-state index in [1.165, 1.54) is 6.33 Å². The van der Waals surface area contributed by atoms with Crippen molar-refractivity contribution in [2.24, 2.45) is 0 Å². The first kappa shape index (κ1) is 12.5. The van der Waals surface area contributed by atoms with Crippen LogP contribution in [0, 0.1) is 0 Å². The van der Waals surface area contributed by atoms with Crippen LogP contribution < -0.4 is 4.72 Å². The molecule has 1 heterocycles. The van der Waals surface area contributed by atoms with Crippen molar-refractivity contribution in [3.05, 3.63) is 12.2 Å². The predicted octanol–water partition coefficient (Wildman–Crippen LogP) is 0.831. The molecule has 0 unspecified atom stereocenters. The monoisotopic (exact) mass is 258 g/mol. The van der Waals surface area contributed by atoms with Crippen LogP contribution in [0.3, 0.4) is 0 Å². The fourth-order valence-corrected chi connectivity index (χ4v) is 3.40. The molecule has 0 aliphatic heterocycles. The Kier molecular flexibility index (Phi) is 3.48. The van der Waals surface area contributed by atoms with Gasteiger partial charge >= 0.3 is 0 Å². The van der Waals surface area contributed by atoms with Gasteiger partial charge in [-0.1, -0.05) is 6.92 Å². The third-order valence-corrected chi connectivity index (χ3v) is 4.90. The van der Waals surface area contributed by atoms with Crippen molar-refractivity contribution in [1.82, 2.24) is 19.5 Å². The van der Waals surface area contributed by atoms with E-state index >= 15 is 0 Å². The highest BCUT2D eigenvalue weighted by Crippen LogP contribution is 2.29. The zero-order chi connectivity index (χ0) is 12.5. The van der Waals surface area contributed by atoms with E-state index in [1.807, 2.05) is 13.8 Å². The van der Waals surface area contributed by atoms with Gasteiger partial charge in [-0.05, 0) is 26.2 Å². The lowest BCUT2D eigenvalue weighted by molar-refractivity contribution is 0.502. The fraction of sp³-hybridized carbons (Fsp3) is 0.800. The average molecular weight is 258 g/mol. The molecule has 0 bridgehead atoms. The molecule has 6 nitrogen and oxygen atoms in total. The van der Waals surface area contributed by atoms with E-state index in [2.05, 4.69) is 14.8 Å². The van der Waals surface area contributed by atoms with Gasteiger partial charge in [0, 0.05) is 6.54 Å². The van der Waals surface area contributed by atoms with E-state index < -0.39 is 10.0 Å². The van der Waals surface area contributed by atoms with Gasteiger partial charge in [-0.25, -0.2) is 22.8 Å². The van der Waals surface area contributed by atoms with E-state index in [4.69, 9.17) is 0 Å². The summed E-state index contributed by atoms with van der Waals surface area (Å²) in [5.41, 5.74) is 0. The Morgan fingerprint density at radius 1 is 1.53 bits per heavy atom. The molecule has 0 aromatic carbocycles. The number of aromatic nitrogens is 3. The van der Waals surface area contributed by atoms with Crippen LogP contribution in [0.15, 0.2) is 6.33 Å². The van der Waals surface area contributed by atoms with Gasteiger partial charge in [0.1, 0.15) is 12.2 Å². The van der Waals surface area contributed by atoms with Gasteiger partial charge in [0.2, 0.25) is 10.0 Å². The molecule has 1 aliphatic carbocycles. The molecular formula is C10H18N4O2S. The number of aryl methyl sites for hydroxylation is 1. The first-order valence-corrected chi connectivity index (χ1v) is 7.52. The van der Waals surface area contributed by atoms with Crippen LogP contribution in [0.1, 0.15) is 45.0 Å². The number of hydrogen-bond acceptors (Lipinski definition) is 4. The highest BCUT2D eigenvalue weighted by molar-refractivity contribution is 7.90. The maximum absolute atomic E-state index is 11.9. The van der Waals surface area contributed by atoms with Crippen LogP contribution in [-0.2, 0) is 16.6 Å². The third kappa shape index (κ3) is 2.66. The summed E-state index contributed by atoms with van der Waals surface area (Å²) in [5.74, 6) is 0.694. The Bertz CT molecular complexity index is 478. The van der Waals surface area contributed by atoms with Gasteiger partial charge in [0.25, 0.3) is 0 Å². The second kappa shape index (κ2) is 4.73.